The molecule has 1 unspecified atom stereocenters. The van der Waals surface area contributed by atoms with Crippen LogP contribution in [0.1, 0.15) is 37.2 Å². The van der Waals surface area contributed by atoms with Crippen LogP contribution in [0.5, 0.6) is 5.75 Å². The third-order valence-corrected chi connectivity index (χ3v) is 3.53. The molecule has 6 heteroatoms. The van der Waals surface area contributed by atoms with E-state index in [1.165, 1.54) is 0 Å². The van der Waals surface area contributed by atoms with Crippen LogP contribution in [-0.2, 0) is 0 Å². The third kappa shape index (κ3) is 2.27. The average Bonchev–Trinajstić information content (AvgIpc) is 2.99. The highest BCUT2D eigenvalue weighted by Crippen LogP contribution is 2.32. The lowest BCUT2D eigenvalue weighted by Gasteiger charge is -2.20. The number of hydrogen-bond donors (Lipinski definition) is 2. The quantitative estimate of drug-likeness (QED) is 0.642. The molecule has 0 radical (unpaired) electrons. The number of nitrogens with zero attached hydrogens (tertiary/aromatic N) is 2. The SMILES string of the molecule is COc1cnn(C(C)C)c1C(NN)c1ccsc1. The molecule has 0 aliphatic carbocycles. The van der Waals surface area contributed by atoms with Gasteiger partial charge in [0, 0.05) is 6.04 Å². The van der Waals surface area contributed by atoms with Crippen LogP contribution < -0.4 is 16.0 Å². The topological polar surface area (TPSA) is 65.1 Å². The van der Waals surface area contributed by atoms with E-state index in [4.69, 9.17) is 10.6 Å². The number of thiophene rings is 1. The van der Waals surface area contributed by atoms with Gasteiger partial charge in [0.05, 0.1) is 19.3 Å². The summed E-state index contributed by atoms with van der Waals surface area (Å²) in [7, 11) is 1.65. The van der Waals surface area contributed by atoms with Crippen molar-refractivity contribution < 1.29 is 4.74 Å². The first-order valence-corrected chi connectivity index (χ1v) is 6.73. The maximum absolute atomic E-state index is 5.71. The van der Waals surface area contributed by atoms with Crippen LogP contribution in [-0.4, -0.2) is 16.9 Å². The van der Waals surface area contributed by atoms with Crippen molar-refractivity contribution in [3.63, 3.8) is 0 Å². The number of hydrogen-bond acceptors (Lipinski definition) is 5. The molecule has 0 aliphatic heterocycles. The van der Waals surface area contributed by atoms with Crippen molar-refractivity contribution >= 4 is 11.3 Å². The lowest BCUT2D eigenvalue weighted by Crippen LogP contribution is -2.31. The van der Waals surface area contributed by atoms with Crippen molar-refractivity contribution in [2.75, 3.05) is 7.11 Å². The van der Waals surface area contributed by atoms with E-state index >= 15 is 0 Å². The second kappa shape index (κ2) is 5.51. The molecule has 2 aromatic heterocycles. The summed E-state index contributed by atoms with van der Waals surface area (Å²) in [5.74, 6) is 6.45. The number of ether oxygens (including phenoxy) is 1. The third-order valence-electron chi connectivity index (χ3n) is 2.82. The average molecular weight is 266 g/mol. The van der Waals surface area contributed by atoms with Crippen LogP contribution in [0, 0.1) is 0 Å². The summed E-state index contributed by atoms with van der Waals surface area (Å²) in [6.45, 7) is 4.16. The molecule has 0 spiro atoms. The van der Waals surface area contributed by atoms with Crippen molar-refractivity contribution in [3.05, 3.63) is 34.3 Å². The van der Waals surface area contributed by atoms with E-state index in [1.54, 1.807) is 24.6 Å². The fourth-order valence-corrected chi connectivity index (χ4v) is 2.66. The van der Waals surface area contributed by atoms with Crippen LogP contribution in [0.4, 0.5) is 0 Å². The number of methoxy groups -OCH3 is 1. The number of hydrazine groups is 1. The first kappa shape index (κ1) is 13.1. The zero-order valence-corrected chi connectivity index (χ0v) is 11.6. The zero-order valence-electron chi connectivity index (χ0n) is 10.8. The van der Waals surface area contributed by atoms with Gasteiger partial charge >= 0.3 is 0 Å². The molecule has 1 atom stereocenters. The van der Waals surface area contributed by atoms with Gasteiger partial charge in [0.2, 0.25) is 0 Å². The monoisotopic (exact) mass is 266 g/mol. The molecule has 0 saturated heterocycles. The Labute approximate surface area is 111 Å². The van der Waals surface area contributed by atoms with E-state index in [1.807, 2.05) is 16.1 Å². The van der Waals surface area contributed by atoms with Gasteiger partial charge in [-0.2, -0.15) is 16.4 Å². The second-order valence-corrected chi connectivity index (χ2v) is 5.07. The summed E-state index contributed by atoms with van der Waals surface area (Å²) >= 11 is 1.64. The summed E-state index contributed by atoms with van der Waals surface area (Å²) in [6.07, 6.45) is 1.73. The Morgan fingerprint density at radius 3 is 2.78 bits per heavy atom. The molecule has 0 aliphatic rings. The molecule has 0 amide bonds. The van der Waals surface area contributed by atoms with Crippen LogP contribution >= 0.6 is 11.3 Å². The molecule has 0 aromatic carbocycles. The van der Waals surface area contributed by atoms with Gasteiger partial charge in [-0.05, 0) is 36.2 Å². The Morgan fingerprint density at radius 1 is 1.50 bits per heavy atom. The van der Waals surface area contributed by atoms with E-state index in [9.17, 15) is 0 Å². The highest BCUT2D eigenvalue weighted by molar-refractivity contribution is 7.08. The van der Waals surface area contributed by atoms with Gasteiger partial charge in [0.25, 0.3) is 0 Å². The van der Waals surface area contributed by atoms with Gasteiger partial charge in [-0.3, -0.25) is 10.5 Å². The van der Waals surface area contributed by atoms with Crippen molar-refractivity contribution in [3.8, 4) is 5.75 Å². The van der Waals surface area contributed by atoms with Crippen LogP contribution in [0.25, 0.3) is 0 Å². The summed E-state index contributed by atoms with van der Waals surface area (Å²) in [6, 6.07) is 2.18. The lowest BCUT2D eigenvalue weighted by atomic mass is 10.1. The van der Waals surface area contributed by atoms with Crippen LogP contribution in [0.3, 0.4) is 0 Å². The van der Waals surface area contributed by atoms with E-state index in [2.05, 4.69) is 29.8 Å². The molecule has 0 saturated carbocycles. The van der Waals surface area contributed by atoms with Crippen molar-refractivity contribution in [1.82, 2.24) is 15.2 Å². The second-order valence-electron chi connectivity index (χ2n) is 4.29. The Hall–Kier alpha value is -1.37. The van der Waals surface area contributed by atoms with Gasteiger partial charge in [0.15, 0.2) is 5.75 Å². The number of rotatable bonds is 5. The molecule has 18 heavy (non-hydrogen) atoms. The van der Waals surface area contributed by atoms with Gasteiger partial charge in [-0.25, -0.2) is 5.43 Å². The minimum Gasteiger partial charge on any atom is -0.493 e. The molecule has 5 nitrogen and oxygen atoms in total. The fourth-order valence-electron chi connectivity index (χ4n) is 1.97. The van der Waals surface area contributed by atoms with Crippen molar-refractivity contribution in [2.45, 2.75) is 25.9 Å². The first-order chi connectivity index (χ1) is 8.69. The van der Waals surface area contributed by atoms with Crippen LogP contribution in [0.15, 0.2) is 23.0 Å². The predicted molar refractivity (Wildman–Crippen MR) is 72.6 cm³/mol. The minimum atomic E-state index is -0.115. The maximum Gasteiger partial charge on any atom is 0.161 e. The number of nitrogens with one attached hydrogen (secondary N) is 1. The Morgan fingerprint density at radius 2 is 2.28 bits per heavy atom. The maximum atomic E-state index is 5.71. The molecule has 2 aromatic rings. The molecule has 98 valence electrons. The van der Waals surface area contributed by atoms with Crippen molar-refractivity contribution in [2.24, 2.45) is 5.84 Å². The summed E-state index contributed by atoms with van der Waals surface area (Å²) in [5.41, 5.74) is 4.91. The molecule has 2 heterocycles. The van der Waals surface area contributed by atoms with E-state index in [-0.39, 0.29) is 12.1 Å². The Kier molecular flexibility index (Phi) is 4.00. The number of nitrogens with two attached hydrogens (primary N) is 1. The molecule has 2 rings (SSSR count). The standard InChI is InChI=1S/C12H18N4OS/c1-8(2)16-12(10(17-3)6-14-16)11(15-13)9-4-5-18-7-9/h4-8,11,15H,13H2,1-3H3. The Bertz CT molecular complexity index is 492. The lowest BCUT2D eigenvalue weighted by molar-refractivity contribution is 0.394. The van der Waals surface area contributed by atoms with Crippen molar-refractivity contribution in [1.29, 1.82) is 0 Å². The highest BCUT2D eigenvalue weighted by atomic mass is 32.1. The Balaban J connectivity index is 2.50. The van der Waals surface area contributed by atoms with E-state index in [0.717, 1.165) is 17.0 Å². The van der Waals surface area contributed by atoms with Gasteiger partial charge in [-0.15, -0.1) is 0 Å². The zero-order chi connectivity index (χ0) is 13.1. The minimum absolute atomic E-state index is 0.115. The van der Waals surface area contributed by atoms with E-state index in [0.29, 0.717) is 0 Å². The van der Waals surface area contributed by atoms with Gasteiger partial charge < -0.3 is 4.74 Å². The fraction of sp³-hybridized carbons (Fsp3) is 0.417. The molecule has 0 bridgehead atoms. The summed E-state index contributed by atoms with van der Waals surface area (Å²) in [5, 5.41) is 8.47. The molecular weight excluding hydrogens is 248 g/mol. The normalized spacial score (nSPS) is 12.9. The summed E-state index contributed by atoms with van der Waals surface area (Å²) in [4.78, 5) is 0. The smallest absolute Gasteiger partial charge is 0.161 e. The van der Waals surface area contributed by atoms with Gasteiger partial charge in [-0.1, -0.05) is 0 Å². The molecular formula is C12H18N4OS. The molecule has 0 fully saturated rings. The predicted octanol–water partition coefficient (Wildman–Crippen LogP) is 2.09. The number of aromatic nitrogens is 2. The first-order valence-electron chi connectivity index (χ1n) is 5.78. The largest absolute Gasteiger partial charge is 0.493 e. The highest BCUT2D eigenvalue weighted by Gasteiger charge is 2.24. The molecule has 3 N–H and O–H groups in total. The van der Waals surface area contributed by atoms with Crippen LogP contribution in [0.2, 0.25) is 0 Å². The summed E-state index contributed by atoms with van der Waals surface area (Å²) < 4.78 is 7.31. The van der Waals surface area contributed by atoms with Gasteiger partial charge in [0.1, 0.15) is 5.69 Å². The van der Waals surface area contributed by atoms with E-state index < -0.39 is 0 Å².